The third-order valence-corrected chi connectivity index (χ3v) is 6.78. The van der Waals surface area contributed by atoms with E-state index in [4.69, 9.17) is 0 Å². The molecule has 0 atom stereocenters. The highest BCUT2D eigenvalue weighted by molar-refractivity contribution is 7.93. The minimum atomic E-state index is -3.82. The zero-order valence-electron chi connectivity index (χ0n) is 16.8. The lowest BCUT2D eigenvalue weighted by molar-refractivity contribution is -0.116. The Balaban J connectivity index is 1.52. The van der Waals surface area contributed by atoms with E-state index in [1.165, 1.54) is 53.0 Å². The Morgan fingerprint density at radius 2 is 1.84 bits per heavy atom. The highest BCUT2D eigenvalue weighted by Gasteiger charge is 2.18. The van der Waals surface area contributed by atoms with Gasteiger partial charge >= 0.3 is 5.69 Å². The zero-order chi connectivity index (χ0) is 23.0. The van der Waals surface area contributed by atoms with Gasteiger partial charge in [0, 0.05) is 31.4 Å². The van der Waals surface area contributed by atoms with Crippen molar-refractivity contribution in [2.75, 3.05) is 10.0 Å². The van der Waals surface area contributed by atoms with E-state index in [2.05, 4.69) is 20.0 Å². The molecular formula is C18H17N7O5S2. The molecule has 0 saturated carbocycles. The van der Waals surface area contributed by atoms with Gasteiger partial charge in [0.25, 0.3) is 15.6 Å². The van der Waals surface area contributed by atoms with Crippen molar-refractivity contribution in [3.05, 3.63) is 63.0 Å². The number of amides is 1. The highest BCUT2D eigenvalue weighted by atomic mass is 32.2. The van der Waals surface area contributed by atoms with Crippen LogP contribution in [0, 0.1) is 0 Å². The van der Waals surface area contributed by atoms with Gasteiger partial charge in [0.05, 0.1) is 11.2 Å². The van der Waals surface area contributed by atoms with E-state index < -0.39 is 33.7 Å². The molecule has 0 unspecified atom stereocenters. The number of anilines is 2. The molecule has 14 heteroatoms. The normalized spacial score (nSPS) is 11.6. The summed E-state index contributed by atoms with van der Waals surface area (Å²) in [5, 5.41) is 4.43. The first kappa shape index (κ1) is 21.5. The predicted octanol–water partition coefficient (Wildman–Crippen LogP) is 0.330. The second kappa shape index (κ2) is 8.05. The molecule has 0 aliphatic heterocycles. The van der Waals surface area contributed by atoms with Crippen molar-refractivity contribution in [1.29, 1.82) is 0 Å². The Kier molecular flexibility index (Phi) is 5.40. The number of carbonyl (C=O) groups excluding carboxylic acids is 1. The first-order chi connectivity index (χ1) is 15.2. The van der Waals surface area contributed by atoms with Gasteiger partial charge in [-0.1, -0.05) is 0 Å². The van der Waals surface area contributed by atoms with Crippen LogP contribution in [0.3, 0.4) is 0 Å². The largest absolute Gasteiger partial charge is 0.332 e. The number of aromatic nitrogens is 5. The highest BCUT2D eigenvalue weighted by Crippen LogP contribution is 2.19. The number of sulfonamides is 1. The first-order valence-electron chi connectivity index (χ1n) is 9.10. The Bertz CT molecular complexity index is 1530. The second-order valence-electron chi connectivity index (χ2n) is 6.78. The molecule has 0 fully saturated rings. The summed E-state index contributed by atoms with van der Waals surface area (Å²) in [6.07, 6.45) is 2.89. The van der Waals surface area contributed by atoms with Gasteiger partial charge < -0.3 is 9.88 Å². The molecule has 32 heavy (non-hydrogen) atoms. The van der Waals surface area contributed by atoms with E-state index >= 15 is 0 Å². The summed E-state index contributed by atoms with van der Waals surface area (Å²) < 4.78 is 30.6. The fraction of sp³-hybridized carbons (Fsp3) is 0.167. The number of fused-ring (bicyclic) bond motifs is 1. The summed E-state index contributed by atoms with van der Waals surface area (Å²) in [4.78, 5) is 45.6. The lowest BCUT2D eigenvalue weighted by atomic mass is 10.3. The topological polar surface area (TPSA) is 150 Å². The number of rotatable bonds is 6. The molecule has 1 amide bonds. The van der Waals surface area contributed by atoms with Gasteiger partial charge in [0.1, 0.15) is 6.54 Å². The van der Waals surface area contributed by atoms with Crippen LogP contribution in [-0.4, -0.2) is 38.0 Å². The molecule has 1 aromatic carbocycles. The predicted molar refractivity (Wildman–Crippen MR) is 118 cm³/mol. The van der Waals surface area contributed by atoms with Crippen molar-refractivity contribution < 1.29 is 13.2 Å². The molecule has 2 N–H and O–H groups in total. The van der Waals surface area contributed by atoms with E-state index in [9.17, 15) is 22.8 Å². The van der Waals surface area contributed by atoms with Crippen LogP contribution < -0.4 is 21.3 Å². The smallest absolute Gasteiger partial charge is 0.328 e. The van der Waals surface area contributed by atoms with Crippen molar-refractivity contribution in [3.63, 3.8) is 0 Å². The lowest BCUT2D eigenvalue weighted by Crippen LogP contribution is -2.42. The van der Waals surface area contributed by atoms with E-state index in [1.807, 2.05) is 0 Å². The molecule has 4 aromatic rings. The number of nitrogens with one attached hydrogen (secondary N) is 2. The van der Waals surface area contributed by atoms with E-state index in [0.717, 1.165) is 15.9 Å². The number of benzene rings is 1. The average Bonchev–Trinajstić information content (AvgIpc) is 3.39. The maximum Gasteiger partial charge on any atom is 0.332 e. The minimum absolute atomic E-state index is 0.0163. The second-order valence-corrected chi connectivity index (χ2v) is 9.35. The third-order valence-electron chi connectivity index (χ3n) is 4.61. The van der Waals surface area contributed by atoms with Crippen LogP contribution in [0.5, 0.6) is 0 Å². The number of hydrogen-bond donors (Lipinski definition) is 2. The Morgan fingerprint density at radius 1 is 1.12 bits per heavy atom. The fourth-order valence-electron chi connectivity index (χ4n) is 3.04. The molecule has 0 saturated heterocycles. The fourth-order valence-corrected chi connectivity index (χ4v) is 4.83. The first-order valence-corrected chi connectivity index (χ1v) is 11.5. The van der Waals surface area contributed by atoms with Gasteiger partial charge in [-0.15, -0.1) is 11.3 Å². The summed E-state index contributed by atoms with van der Waals surface area (Å²) >= 11 is 1.14. The summed E-state index contributed by atoms with van der Waals surface area (Å²) in [6, 6.07) is 5.44. The van der Waals surface area contributed by atoms with E-state index in [-0.39, 0.29) is 21.2 Å². The Labute approximate surface area is 184 Å². The molecule has 166 valence electrons. The summed E-state index contributed by atoms with van der Waals surface area (Å²) in [5.41, 5.74) is -0.585. The van der Waals surface area contributed by atoms with Crippen LogP contribution in [0.1, 0.15) is 0 Å². The number of thiazole rings is 1. The van der Waals surface area contributed by atoms with Crippen molar-refractivity contribution in [3.8, 4) is 0 Å². The Hall–Kier alpha value is -3.78. The number of aryl methyl sites for hydroxylation is 2. The number of hydrogen-bond acceptors (Lipinski definition) is 8. The van der Waals surface area contributed by atoms with E-state index in [1.54, 1.807) is 12.4 Å². The SMILES string of the molecule is Cn1cnc2c1c(=O)n(CC(=O)Nc1ccc(S(=O)(=O)Nc3nccs3)cc1)c(=O)n2C. The number of carbonyl (C=O) groups is 1. The van der Waals surface area contributed by atoms with E-state index in [0.29, 0.717) is 5.69 Å². The van der Waals surface area contributed by atoms with Gasteiger partial charge in [-0.25, -0.2) is 27.7 Å². The molecular weight excluding hydrogens is 458 g/mol. The van der Waals surface area contributed by atoms with Gasteiger partial charge in [-0.2, -0.15) is 0 Å². The van der Waals surface area contributed by atoms with Gasteiger partial charge in [-0.05, 0) is 24.3 Å². The van der Waals surface area contributed by atoms with Crippen LogP contribution >= 0.6 is 11.3 Å². The van der Waals surface area contributed by atoms with Crippen LogP contribution in [0.15, 0.2) is 56.7 Å². The van der Waals surface area contributed by atoms with Gasteiger partial charge in [0.15, 0.2) is 16.3 Å². The molecule has 3 heterocycles. The molecule has 12 nitrogen and oxygen atoms in total. The van der Waals surface area contributed by atoms with Crippen molar-refractivity contribution in [1.82, 2.24) is 23.7 Å². The standard InChI is InChI=1S/C18H17N7O5S2/c1-23-10-20-15-14(23)16(27)25(18(28)24(15)2)9-13(26)21-11-3-5-12(6-4-11)32(29,30)22-17-19-7-8-31-17/h3-8,10H,9H2,1-2H3,(H,19,22)(H,21,26). The van der Waals surface area contributed by atoms with Crippen molar-refractivity contribution >= 4 is 49.3 Å². The average molecular weight is 476 g/mol. The molecule has 0 spiro atoms. The van der Waals surface area contributed by atoms with Crippen LogP contribution in [0.2, 0.25) is 0 Å². The number of imidazole rings is 1. The minimum Gasteiger partial charge on any atom is -0.328 e. The van der Waals surface area contributed by atoms with Gasteiger partial charge in [0.2, 0.25) is 5.91 Å². The molecule has 0 radical (unpaired) electrons. The molecule has 0 bridgehead atoms. The van der Waals surface area contributed by atoms with Crippen LogP contribution in [0.4, 0.5) is 10.8 Å². The monoisotopic (exact) mass is 475 g/mol. The van der Waals surface area contributed by atoms with Gasteiger partial charge in [-0.3, -0.25) is 18.9 Å². The maximum atomic E-state index is 12.7. The molecule has 3 aromatic heterocycles. The third kappa shape index (κ3) is 3.92. The summed E-state index contributed by atoms with van der Waals surface area (Å²) in [6.45, 7) is -0.516. The Morgan fingerprint density at radius 3 is 2.50 bits per heavy atom. The van der Waals surface area contributed by atoms with Crippen LogP contribution in [0.25, 0.3) is 11.2 Å². The summed E-state index contributed by atoms with van der Waals surface area (Å²) in [7, 11) is -0.747. The lowest BCUT2D eigenvalue weighted by Gasteiger charge is -2.10. The maximum absolute atomic E-state index is 12.7. The van der Waals surface area contributed by atoms with Crippen molar-refractivity contribution in [2.24, 2.45) is 14.1 Å². The van der Waals surface area contributed by atoms with Crippen LogP contribution in [-0.2, 0) is 35.5 Å². The quantitative estimate of drug-likeness (QED) is 0.408. The van der Waals surface area contributed by atoms with Crippen molar-refractivity contribution in [2.45, 2.75) is 11.4 Å². The molecule has 0 aliphatic rings. The summed E-state index contributed by atoms with van der Waals surface area (Å²) in [5.74, 6) is -0.623. The number of nitrogens with zero attached hydrogens (tertiary/aromatic N) is 5. The zero-order valence-corrected chi connectivity index (χ0v) is 18.5. The molecule has 0 aliphatic carbocycles. The molecule has 4 rings (SSSR count).